The first-order valence-electron chi connectivity index (χ1n) is 6.34. The van der Waals surface area contributed by atoms with Gasteiger partial charge in [0.25, 0.3) is 0 Å². The van der Waals surface area contributed by atoms with Gasteiger partial charge < -0.3 is 20.5 Å². The number of hydrogen-bond acceptors (Lipinski definition) is 4. The lowest BCUT2D eigenvalue weighted by molar-refractivity contribution is -0.124. The molecule has 18 heavy (non-hydrogen) atoms. The molecule has 1 fully saturated rings. The minimum atomic E-state index is -0.140. The summed E-state index contributed by atoms with van der Waals surface area (Å²) in [6.07, 6.45) is 2.05. The SMILES string of the molecule is CC(N)C(C)C(=O)NCCCOC1CCOC1.Cl. The monoisotopic (exact) mass is 280 g/mol. The van der Waals surface area contributed by atoms with Gasteiger partial charge in [0.15, 0.2) is 0 Å². The molecule has 0 spiro atoms. The molecule has 0 aromatic rings. The molecule has 0 aliphatic carbocycles. The Morgan fingerprint density at radius 2 is 2.28 bits per heavy atom. The van der Waals surface area contributed by atoms with Gasteiger partial charge in [-0.15, -0.1) is 12.4 Å². The van der Waals surface area contributed by atoms with Crippen LogP contribution in [0.5, 0.6) is 0 Å². The van der Waals surface area contributed by atoms with Crippen LogP contribution in [0.4, 0.5) is 0 Å². The summed E-state index contributed by atoms with van der Waals surface area (Å²) in [5.74, 6) is -0.122. The van der Waals surface area contributed by atoms with Gasteiger partial charge in [0, 0.05) is 31.7 Å². The van der Waals surface area contributed by atoms with Gasteiger partial charge in [-0.25, -0.2) is 0 Å². The molecule has 0 bridgehead atoms. The highest BCUT2D eigenvalue weighted by Gasteiger charge is 2.17. The molecule has 1 rings (SSSR count). The first kappa shape index (κ1) is 17.6. The molecule has 0 radical (unpaired) electrons. The van der Waals surface area contributed by atoms with E-state index in [1.54, 1.807) is 0 Å². The topological polar surface area (TPSA) is 73.6 Å². The molecule has 3 atom stereocenters. The molecule has 6 heteroatoms. The largest absolute Gasteiger partial charge is 0.379 e. The minimum absolute atomic E-state index is 0. The van der Waals surface area contributed by atoms with Gasteiger partial charge in [-0.3, -0.25) is 4.79 Å². The van der Waals surface area contributed by atoms with Gasteiger partial charge in [-0.05, 0) is 19.8 Å². The number of carbonyl (C=O) groups is 1. The van der Waals surface area contributed by atoms with Crippen molar-refractivity contribution in [2.45, 2.75) is 38.8 Å². The van der Waals surface area contributed by atoms with Crippen LogP contribution in [-0.4, -0.2) is 44.4 Å². The fraction of sp³-hybridized carbons (Fsp3) is 0.917. The molecule has 1 aliphatic heterocycles. The second-order valence-electron chi connectivity index (χ2n) is 4.65. The summed E-state index contributed by atoms with van der Waals surface area (Å²) in [5.41, 5.74) is 5.65. The molecule has 5 nitrogen and oxygen atoms in total. The summed E-state index contributed by atoms with van der Waals surface area (Å²) in [5, 5.41) is 2.86. The summed E-state index contributed by atoms with van der Waals surface area (Å²) >= 11 is 0. The van der Waals surface area contributed by atoms with Crippen LogP contribution in [0.1, 0.15) is 26.7 Å². The van der Waals surface area contributed by atoms with E-state index in [4.69, 9.17) is 15.2 Å². The zero-order valence-electron chi connectivity index (χ0n) is 11.2. The highest BCUT2D eigenvalue weighted by molar-refractivity contribution is 5.85. The first-order valence-corrected chi connectivity index (χ1v) is 6.34. The van der Waals surface area contributed by atoms with Crippen molar-refractivity contribution in [2.75, 3.05) is 26.4 Å². The van der Waals surface area contributed by atoms with Crippen molar-refractivity contribution in [3.63, 3.8) is 0 Å². The number of nitrogens with one attached hydrogen (secondary N) is 1. The molecule has 3 unspecified atom stereocenters. The maximum Gasteiger partial charge on any atom is 0.224 e. The number of rotatable bonds is 7. The second-order valence-corrected chi connectivity index (χ2v) is 4.65. The zero-order valence-corrected chi connectivity index (χ0v) is 12.0. The Bertz CT molecular complexity index is 233. The van der Waals surface area contributed by atoms with Crippen LogP contribution in [0.15, 0.2) is 0 Å². The minimum Gasteiger partial charge on any atom is -0.379 e. The van der Waals surface area contributed by atoms with E-state index in [1.807, 2.05) is 13.8 Å². The van der Waals surface area contributed by atoms with Crippen molar-refractivity contribution in [2.24, 2.45) is 11.7 Å². The molecular formula is C12H25ClN2O3. The number of ether oxygens (including phenoxy) is 2. The molecule has 1 aliphatic rings. The van der Waals surface area contributed by atoms with Crippen molar-refractivity contribution in [3.8, 4) is 0 Å². The average molecular weight is 281 g/mol. The van der Waals surface area contributed by atoms with E-state index >= 15 is 0 Å². The Morgan fingerprint density at radius 3 is 2.83 bits per heavy atom. The van der Waals surface area contributed by atoms with Gasteiger partial charge in [0.2, 0.25) is 5.91 Å². The van der Waals surface area contributed by atoms with Crippen molar-refractivity contribution in [3.05, 3.63) is 0 Å². The first-order chi connectivity index (χ1) is 8.11. The fourth-order valence-corrected chi connectivity index (χ4v) is 1.58. The standard InChI is InChI=1S/C12H24N2O3.ClH/c1-9(10(2)13)12(15)14-5-3-6-17-11-4-7-16-8-11;/h9-11H,3-8,13H2,1-2H3,(H,14,15);1H. The Balaban J connectivity index is 0.00000289. The Labute approximate surface area is 115 Å². The highest BCUT2D eigenvalue weighted by atomic mass is 35.5. The molecule has 108 valence electrons. The van der Waals surface area contributed by atoms with Gasteiger partial charge >= 0.3 is 0 Å². The molecule has 0 saturated carbocycles. The normalized spacial score (nSPS) is 22.1. The number of halogens is 1. The molecule has 3 N–H and O–H groups in total. The Hall–Kier alpha value is -0.360. The molecular weight excluding hydrogens is 256 g/mol. The van der Waals surface area contributed by atoms with E-state index in [1.165, 1.54) is 0 Å². The Morgan fingerprint density at radius 1 is 1.56 bits per heavy atom. The average Bonchev–Trinajstić information content (AvgIpc) is 2.80. The number of nitrogens with two attached hydrogens (primary N) is 1. The number of hydrogen-bond donors (Lipinski definition) is 2. The highest BCUT2D eigenvalue weighted by Crippen LogP contribution is 2.08. The molecule has 1 heterocycles. The smallest absolute Gasteiger partial charge is 0.224 e. The van der Waals surface area contributed by atoms with Crippen LogP contribution in [0.25, 0.3) is 0 Å². The Kier molecular flexibility index (Phi) is 9.36. The lowest BCUT2D eigenvalue weighted by atomic mass is 10.0. The molecule has 0 aromatic carbocycles. The van der Waals surface area contributed by atoms with Crippen LogP contribution in [-0.2, 0) is 14.3 Å². The van der Waals surface area contributed by atoms with Crippen LogP contribution in [0.2, 0.25) is 0 Å². The third-order valence-electron chi connectivity index (χ3n) is 3.06. The lowest BCUT2D eigenvalue weighted by Gasteiger charge is -2.15. The predicted octanol–water partition coefficient (Wildman–Crippen LogP) is 0.703. The van der Waals surface area contributed by atoms with Crippen LogP contribution < -0.4 is 11.1 Å². The van der Waals surface area contributed by atoms with Crippen LogP contribution >= 0.6 is 12.4 Å². The van der Waals surface area contributed by atoms with Gasteiger partial charge in [-0.2, -0.15) is 0 Å². The second kappa shape index (κ2) is 9.55. The maximum atomic E-state index is 11.6. The summed E-state index contributed by atoms with van der Waals surface area (Å²) in [6.45, 7) is 6.49. The predicted molar refractivity (Wildman–Crippen MR) is 72.9 cm³/mol. The van der Waals surface area contributed by atoms with E-state index in [9.17, 15) is 4.79 Å². The van der Waals surface area contributed by atoms with E-state index in [0.29, 0.717) is 19.8 Å². The van der Waals surface area contributed by atoms with Crippen LogP contribution in [0, 0.1) is 5.92 Å². The summed E-state index contributed by atoms with van der Waals surface area (Å²) < 4.78 is 10.8. The number of carbonyl (C=O) groups excluding carboxylic acids is 1. The lowest BCUT2D eigenvalue weighted by Crippen LogP contribution is -2.39. The summed E-state index contributed by atoms with van der Waals surface area (Å²) in [7, 11) is 0. The molecule has 1 saturated heterocycles. The van der Waals surface area contributed by atoms with Crippen molar-refractivity contribution in [1.29, 1.82) is 0 Å². The maximum absolute atomic E-state index is 11.6. The van der Waals surface area contributed by atoms with E-state index < -0.39 is 0 Å². The van der Waals surface area contributed by atoms with E-state index in [-0.39, 0.29) is 36.4 Å². The van der Waals surface area contributed by atoms with Gasteiger partial charge in [0.1, 0.15) is 0 Å². The van der Waals surface area contributed by atoms with Crippen molar-refractivity contribution < 1.29 is 14.3 Å². The quantitative estimate of drug-likeness (QED) is 0.674. The zero-order chi connectivity index (χ0) is 12.7. The summed E-state index contributed by atoms with van der Waals surface area (Å²) in [4.78, 5) is 11.6. The third kappa shape index (κ3) is 6.54. The van der Waals surface area contributed by atoms with Crippen molar-refractivity contribution >= 4 is 18.3 Å². The number of amides is 1. The van der Waals surface area contributed by atoms with Crippen LogP contribution in [0.3, 0.4) is 0 Å². The third-order valence-corrected chi connectivity index (χ3v) is 3.06. The van der Waals surface area contributed by atoms with E-state index in [2.05, 4.69) is 5.32 Å². The molecule has 0 aromatic heterocycles. The van der Waals surface area contributed by atoms with E-state index in [0.717, 1.165) is 19.4 Å². The molecule has 1 amide bonds. The van der Waals surface area contributed by atoms with Crippen molar-refractivity contribution in [1.82, 2.24) is 5.32 Å². The van der Waals surface area contributed by atoms with Gasteiger partial charge in [0.05, 0.1) is 12.7 Å². The van der Waals surface area contributed by atoms with Gasteiger partial charge in [-0.1, -0.05) is 6.92 Å². The fourth-order valence-electron chi connectivity index (χ4n) is 1.58. The summed E-state index contributed by atoms with van der Waals surface area (Å²) in [6, 6.07) is -0.109.